The number of nitrogens with zero attached hydrogens (tertiary/aromatic N) is 1. The van der Waals surface area contributed by atoms with Crippen LogP contribution in [-0.2, 0) is 4.79 Å². The van der Waals surface area contributed by atoms with Crippen LogP contribution in [0.3, 0.4) is 0 Å². The highest BCUT2D eigenvalue weighted by molar-refractivity contribution is 9.10. The Morgan fingerprint density at radius 1 is 1.29 bits per heavy atom. The minimum absolute atomic E-state index is 0.204. The van der Waals surface area contributed by atoms with Crippen LogP contribution < -0.4 is 14.2 Å². The van der Waals surface area contributed by atoms with Crippen molar-refractivity contribution in [1.82, 2.24) is 0 Å². The Balaban J connectivity index is 2.09. The summed E-state index contributed by atoms with van der Waals surface area (Å²) in [5.41, 5.74) is 0.389. The maximum absolute atomic E-state index is 12.0. The molecule has 24 heavy (non-hydrogen) atoms. The van der Waals surface area contributed by atoms with E-state index in [0.717, 1.165) is 0 Å². The van der Waals surface area contributed by atoms with Crippen LogP contribution in [0.4, 0.5) is 0 Å². The van der Waals surface area contributed by atoms with Gasteiger partial charge in [0.2, 0.25) is 0 Å². The first-order valence-corrected chi connectivity index (χ1v) is 8.16. The number of halogens is 2. The molecule has 0 saturated heterocycles. The van der Waals surface area contributed by atoms with Crippen molar-refractivity contribution in [1.29, 1.82) is 5.26 Å². The summed E-state index contributed by atoms with van der Waals surface area (Å²) in [5.74, 6) is 0.361. The zero-order valence-electron chi connectivity index (χ0n) is 12.7. The summed E-state index contributed by atoms with van der Waals surface area (Å²) in [6.45, 7) is 1.87. The molecule has 0 amide bonds. The van der Waals surface area contributed by atoms with Gasteiger partial charge in [0, 0.05) is 11.1 Å². The van der Waals surface area contributed by atoms with Crippen molar-refractivity contribution in [3.05, 3.63) is 51.5 Å². The number of carbonyl (C=O) groups excluding carboxylic acids is 1. The van der Waals surface area contributed by atoms with Crippen LogP contribution in [-0.4, -0.2) is 19.2 Å². The highest BCUT2D eigenvalue weighted by atomic mass is 79.9. The summed E-state index contributed by atoms with van der Waals surface area (Å²) < 4.78 is 16.5. The summed E-state index contributed by atoms with van der Waals surface area (Å²) in [6, 6.07) is 11.8. The molecule has 5 nitrogen and oxygen atoms in total. The maximum Gasteiger partial charge on any atom is 0.349 e. The molecule has 0 aliphatic heterocycles. The predicted molar refractivity (Wildman–Crippen MR) is 92.6 cm³/mol. The number of nitriles is 1. The van der Waals surface area contributed by atoms with E-state index >= 15 is 0 Å². The SMILES string of the molecule is CCOc1cc(C#N)cc(Br)c1OC(=O)COc1cccc(Cl)c1. The molecule has 0 aromatic heterocycles. The van der Waals surface area contributed by atoms with Crippen LogP contribution in [0.15, 0.2) is 40.9 Å². The van der Waals surface area contributed by atoms with Crippen molar-refractivity contribution in [3.63, 3.8) is 0 Å². The Morgan fingerprint density at radius 3 is 2.75 bits per heavy atom. The van der Waals surface area contributed by atoms with Crippen molar-refractivity contribution in [2.45, 2.75) is 6.92 Å². The summed E-state index contributed by atoms with van der Waals surface area (Å²) >= 11 is 9.13. The molecule has 0 N–H and O–H groups in total. The Kier molecular flexibility index (Phi) is 6.47. The van der Waals surface area contributed by atoms with Crippen LogP contribution in [0.1, 0.15) is 12.5 Å². The van der Waals surface area contributed by atoms with Crippen molar-refractivity contribution in [2.24, 2.45) is 0 Å². The zero-order valence-corrected chi connectivity index (χ0v) is 15.1. The van der Waals surface area contributed by atoms with Crippen LogP contribution >= 0.6 is 27.5 Å². The van der Waals surface area contributed by atoms with E-state index in [1.807, 2.05) is 6.07 Å². The maximum atomic E-state index is 12.0. The fourth-order valence-corrected chi connectivity index (χ4v) is 2.54. The molecule has 0 radical (unpaired) electrons. The second-order valence-corrected chi connectivity index (χ2v) is 5.84. The topological polar surface area (TPSA) is 68.5 Å². The van der Waals surface area contributed by atoms with Gasteiger partial charge in [-0.1, -0.05) is 17.7 Å². The number of hydrogen-bond acceptors (Lipinski definition) is 5. The standard InChI is InChI=1S/C17H13BrClNO4/c1-2-22-15-7-11(9-20)6-14(18)17(15)24-16(21)10-23-13-5-3-4-12(19)8-13/h3-8H,2,10H2,1H3. The third kappa shape index (κ3) is 4.88. The van der Waals surface area contributed by atoms with Gasteiger partial charge in [-0.2, -0.15) is 5.26 Å². The number of benzene rings is 2. The normalized spacial score (nSPS) is 9.92. The summed E-state index contributed by atoms with van der Waals surface area (Å²) in [5, 5.41) is 9.50. The second-order valence-electron chi connectivity index (χ2n) is 4.55. The lowest BCUT2D eigenvalue weighted by atomic mass is 10.2. The minimum atomic E-state index is -0.610. The molecular weight excluding hydrogens is 398 g/mol. The Morgan fingerprint density at radius 2 is 2.08 bits per heavy atom. The van der Waals surface area contributed by atoms with Gasteiger partial charge in [-0.3, -0.25) is 0 Å². The number of esters is 1. The molecule has 7 heteroatoms. The van der Waals surface area contributed by atoms with Gasteiger partial charge < -0.3 is 14.2 Å². The first-order valence-electron chi connectivity index (χ1n) is 6.99. The van der Waals surface area contributed by atoms with Gasteiger partial charge in [-0.25, -0.2) is 4.79 Å². The Hall–Kier alpha value is -2.23. The highest BCUT2D eigenvalue weighted by Crippen LogP contribution is 2.37. The van der Waals surface area contributed by atoms with E-state index in [4.69, 9.17) is 31.1 Å². The molecule has 0 atom stereocenters. The van der Waals surface area contributed by atoms with Crippen molar-refractivity contribution in [2.75, 3.05) is 13.2 Å². The second kappa shape index (κ2) is 8.57. The summed E-state index contributed by atoms with van der Waals surface area (Å²) in [7, 11) is 0. The van der Waals surface area contributed by atoms with E-state index < -0.39 is 5.97 Å². The lowest BCUT2D eigenvalue weighted by Gasteiger charge is -2.13. The van der Waals surface area contributed by atoms with Crippen LogP contribution in [0.5, 0.6) is 17.2 Å². The fourth-order valence-electron chi connectivity index (χ4n) is 1.84. The number of carbonyl (C=O) groups is 1. The average molecular weight is 411 g/mol. The third-order valence-electron chi connectivity index (χ3n) is 2.81. The van der Waals surface area contributed by atoms with E-state index in [1.54, 1.807) is 37.3 Å². The molecule has 0 bridgehead atoms. The van der Waals surface area contributed by atoms with Gasteiger partial charge in [0.1, 0.15) is 5.75 Å². The van der Waals surface area contributed by atoms with E-state index in [0.29, 0.717) is 33.2 Å². The van der Waals surface area contributed by atoms with Crippen LogP contribution in [0, 0.1) is 11.3 Å². The van der Waals surface area contributed by atoms with Crippen molar-refractivity contribution < 1.29 is 19.0 Å². The molecule has 0 saturated carbocycles. The van der Waals surface area contributed by atoms with Gasteiger partial charge in [-0.15, -0.1) is 0 Å². The molecule has 0 fully saturated rings. The smallest absolute Gasteiger partial charge is 0.349 e. The summed E-state index contributed by atoms with van der Waals surface area (Å²) in [6.07, 6.45) is 0. The van der Waals surface area contributed by atoms with Crippen LogP contribution in [0.2, 0.25) is 5.02 Å². The van der Waals surface area contributed by atoms with Crippen molar-refractivity contribution in [3.8, 4) is 23.3 Å². The van der Waals surface area contributed by atoms with Gasteiger partial charge in [0.05, 0.1) is 22.7 Å². The third-order valence-corrected chi connectivity index (χ3v) is 3.63. The van der Waals surface area contributed by atoms with E-state index in [1.165, 1.54) is 6.07 Å². The first-order chi connectivity index (χ1) is 11.5. The summed E-state index contributed by atoms with van der Waals surface area (Å²) in [4.78, 5) is 12.0. The minimum Gasteiger partial charge on any atom is -0.490 e. The van der Waals surface area contributed by atoms with Gasteiger partial charge >= 0.3 is 5.97 Å². The lowest BCUT2D eigenvalue weighted by Crippen LogP contribution is -2.18. The molecule has 2 rings (SSSR count). The zero-order chi connectivity index (χ0) is 17.5. The molecular formula is C17H13BrClNO4. The molecule has 0 heterocycles. The fraction of sp³-hybridized carbons (Fsp3) is 0.176. The Bertz CT molecular complexity index is 789. The van der Waals surface area contributed by atoms with Crippen molar-refractivity contribution >= 4 is 33.5 Å². The molecule has 0 unspecified atom stereocenters. The molecule has 0 spiro atoms. The number of rotatable bonds is 6. The highest BCUT2D eigenvalue weighted by Gasteiger charge is 2.16. The Labute approximate surface area is 152 Å². The molecule has 0 aliphatic carbocycles. The lowest BCUT2D eigenvalue weighted by molar-refractivity contribution is -0.136. The number of hydrogen-bond donors (Lipinski definition) is 0. The number of ether oxygens (including phenoxy) is 3. The largest absolute Gasteiger partial charge is 0.490 e. The molecule has 0 aliphatic rings. The van der Waals surface area contributed by atoms with Gasteiger partial charge in [0.15, 0.2) is 18.1 Å². The van der Waals surface area contributed by atoms with Gasteiger partial charge in [0.25, 0.3) is 0 Å². The first kappa shape index (κ1) is 18.1. The van der Waals surface area contributed by atoms with Gasteiger partial charge in [-0.05, 0) is 47.1 Å². The monoisotopic (exact) mass is 409 g/mol. The molecule has 2 aromatic rings. The molecule has 2 aromatic carbocycles. The average Bonchev–Trinajstić information content (AvgIpc) is 2.56. The van der Waals surface area contributed by atoms with E-state index in [9.17, 15) is 4.79 Å². The quantitative estimate of drug-likeness (QED) is 0.523. The van der Waals surface area contributed by atoms with Crippen LogP contribution in [0.25, 0.3) is 0 Å². The predicted octanol–water partition coefficient (Wildman–Crippen LogP) is 4.36. The van der Waals surface area contributed by atoms with E-state index in [-0.39, 0.29) is 12.4 Å². The molecule has 124 valence electrons. The van der Waals surface area contributed by atoms with E-state index in [2.05, 4.69) is 15.9 Å².